The number of rotatable bonds is 5. The zero-order chi connectivity index (χ0) is 17.6. The first-order valence-corrected chi connectivity index (χ1v) is 8.02. The standard InChI is InChI=1S/C18H16ClN3O3/c19-14-15(20-11-12-7-3-1-4-8-12)17(23)25-16(14)22-18(24)21-13-9-5-2-6-10-13/h1-10,16,20H,11H2,(H2,21,22,24)/t16-/m1/s1. The minimum absolute atomic E-state index is 0.115. The largest absolute Gasteiger partial charge is 0.431 e. The lowest BCUT2D eigenvalue weighted by molar-refractivity contribution is -0.140. The lowest BCUT2D eigenvalue weighted by atomic mass is 10.2. The van der Waals surface area contributed by atoms with Crippen LogP contribution in [0.4, 0.5) is 10.5 Å². The van der Waals surface area contributed by atoms with Crippen LogP contribution in [0.1, 0.15) is 5.56 Å². The first-order chi connectivity index (χ1) is 12.1. The van der Waals surface area contributed by atoms with Crippen LogP contribution in [-0.2, 0) is 16.1 Å². The van der Waals surface area contributed by atoms with Crippen molar-refractivity contribution < 1.29 is 14.3 Å². The molecule has 0 fully saturated rings. The number of cyclic esters (lactones) is 1. The van der Waals surface area contributed by atoms with E-state index in [1.54, 1.807) is 24.3 Å². The number of halogens is 1. The Bertz CT molecular complexity index is 794. The molecule has 0 spiro atoms. The van der Waals surface area contributed by atoms with Crippen molar-refractivity contribution >= 4 is 29.3 Å². The molecule has 128 valence electrons. The highest BCUT2D eigenvalue weighted by molar-refractivity contribution is 6.33. The Labute approximate surface area is 149 Å². The van der Waals surface area contributed by atoms with Crippen LogP contribution < -0.4 is 16.0 Å². The van der Waals surface area contributed by atoms with Crippen molar-refractivity contribution in [2.45, 2.75) is 12.8 Å². The SMILES string of the molecule is O=C(Nc1ccccc1)N[C@@H]1OC(=O)C(NCc2ccccc2)=C1Cl. The van der Waals surface area contributed by atoms with Crippen LogP contribution in [-0.4, -0.2) is 18.2 Å². The van der Waals surface area contributed by atoms with Crippen LogP contribution in [0.25, 0.3) is 0 Å². The molecule has 2 aromatic rings. The molecule has 1 heterocycles. The molecule has 0 aliphatic carbocycles. The van der Waals surface area contributed by atoms with Crippen molar-refractivity contribution in [3.05, 3.63) is 77.0 Å². The van der Waals surface area contributed by atoms with Crippen molar-refractivity contribution in [1.82, 2.24) is 10.6 Å². The Morgan fingerprint density at radius 3 is 2.36 bits per heavy atom. The van der Waals surface area contributed by atoms with Crippen LogP contribution in [0, 0.1) is 0 Å². The first-order valence-electron chi connectivity index (χ1n) is 7.64. The lowest BCUT2D eigenvalue weighted by Crippen LogP contribution is -2.38. The smallest absolute Gasteiger partial charge is 0.358 e. The molecule has 7 heteroatoms. The predicted octanol–water partition coefficient (Wildman–Crippen LogP) is 2.93. The normalized spacial score (nSPS) is 16.4. The number of hydrogen-bond donors (Lipinski definition) is 3. The molecule has 25 heavy (non-hydrogen) atoms. The summed E-state index contributed by atoms with van der Waals surface area (Å²) in [5.41, 5.74) is 1.76. The third-order valence-electron chi connectivity index (χ3n) is 3.50. The van der Waals surface area contributed by atoms with Crippen LogP contribution in [0.3, 0.4) is 0 Å². The van der Waals surface area contributed by atoms with Crippen molar-refractivity contribution in [1.29, 1.82) is 0 Å². The molecule has 0 saturated carbocycles. The molecule has 0 unspecified atom stereocenters. The Hall–Kier alpha value is -2.99. The molecule has 1 aliphatic rings. The number of carbonyl (C=O) groups excluding carboxylic acids is 2. The van der Waals surface area contributed by atoms with Gasteiger partial charge in [0.15, 0.2) is 0 Å². The summed E-state index contributed by atoms with van der Waals surface area (Å²) in [5.74, 6) is -0.606. The summed E-state index contributed by atoms with van der Waals surface area (Å²) in [6, 6.07) is 17.9. The molecular weight excluding hydrogens is 342 g/mol. The van der Waals surface area contributed by atoms with Gasteiger partial charge in [-0.15, -0.1) is 0 Å². The van der Waals surface area contributed by atoms with Crippen molar-refractivity contribution in [3.63, 3.8) is 0 Å². The number of nitrogens with one attached hydrogen (secondary N) is 3. The summed E-state index contributed by atoms with van der Waals surface area (Å²) >= 11 is 6.18. The van der Waals surface area contributed by atoms with Gasteiger partial charge in [0.1, 0.15) is 10.7 Å². The van der Waals surface area contributed by atoms with Gasteiger partial charge in [0.25, 0.3) is 0 Å². The molecule has 3 N–H and O–H groups in total. The molecule has 2 amide bonds. The number of hydrogen-bond acceptors (Lipinski definition) is 4. The van der Waals surface area contributed by atoms with Gasteiger partial charge in [-0.05, 0) is 17.7 Å². The topological polar surface area (TPSA) is 79.5 Å². The molecule has 0 radical (unpaired) electrons. The number of carbonyl (C=O) groups is 2. The van der Waals surface area contributed by atoms with Crippen molar-refractivity contribution in [2.24, 2.45) is 0 Å². The van der Waals surface area contributed by atoms with E-state index in [0.29, 0.717) is 12.2 Å². The summed E-state index contributed by atoms with van der Waals surface area (Å²) in [7, 11) is 0. The monoisotopic (exact) mass is 357 g/mol. The third-order valence-corrected chi connectivity index (χ3v) is 3.89. The molecular formula is C18H16ClN3O3. The second-order valence-corrected chi connectivity index (χ2v) is 5.72. The van der Waals surface area contributed by atoms with Gasteiger partial charge in [-0.25, -0.2) is 9.59 Å². The van der Waals surface area contributed by atoms with E-state index in [4.69, 9.17) is 16.3 Å². The van der Waals surface area contributed by atoms with Gasteiger partial charge in [-0.2, -0.15) is 0 Å². The van der Waals surface area contributed by atoms with Gasteiger partial charge in [-0.1, -0.05) is 60.1 Å². The highest BCUT2D eigenvalue weighted by Gasteiger charge is 2.34. The predicted molar refractivity (Wildman–Crippen MR) is 94.6 cm³/mol. The maximum absolute atomic E-state index is 12.0. The average Bonchev–Trinajstić information content (AvgIpc) is 2.88. The summed E-state index contributed by atoms with van der Waals surface area (Å²) < 4.78 is 5.10. The molecule has 0 aromatic heterocycles. The highest BCUT2D eigenvalue weighted by atomic mass is 35.5. The Balaban J connectivity index is 1.60. The van der Waals surface area contributed by atoms with Gasteiger partial charge >= 0.3 is 12.0 Å². The molecule has 0 saturated heterocycles. The Morgan fingerprint density at radius 2 is 1.68 bits per heavy atom. The van der Waals surface area contributed by atoms with E-state index in [0.717, 1.165) is 5.56 Å². The fraction of sp³-hybridized carbons (Fsp3) is 0.111. The van der Waals surface area contributed by atoms with E-state index in [-0.39, 0.29) is 10.7 Å². The summed E-state index contributed by atoms with van der Waals surface area (Å²) in [6.45, 7) is 0.421. The second kappa shape index (κ2) is 7.72. The number of esters is 1. The van der Waals surface area contributed by atoms with E-state index >= 15 is 0 Å². The number of anilines is 1. The van der Waals surface area contributed by atoms with Crippen LogP contribution >= 0.6 is 11.6 Å². The van der Waals surface area contributed by atoms with E-state index < -0.39 is 18.2 Å². The highest BCUT2D eigenvalue weighted by Crippen LogP contribution is 2.23. The number of benzene rings is 2. The zero-order valence-electron chi connectivity index (χ0n) is 13.2. The van der Waals surface area contributed by atoms with E-state index in [9.17, 15) is 9.59 Å². The molecule has 1 atom stereocenters. The maximum atomic E-state index is 12.0. The number of ether oxygens (including phenoxy) is 1. The van der Waals surface area contributed by atoms with Crippen LogP contribution in [0.15, 0.2) is 71.4 Å². The average molecular weight is 358 g/mol. The zero-order valence-corrected chi connectivity index (χ0v) is 13.9. The third kappa shape index (κ3) is 4.30. The molecule has 3 rings (SSSR count). The van der Waals surface area contributed by atoms with E-state index in [2.05, 4.69) is 16.0 Å². The summed E-state index contributed by atoms with van der Waals surface area (Å²) in [4.78, 5) is 23.9. The van der Waals surface area contributed by atoms with E-state index in [1.807, 2.05) is 36.4 Å². The second-order valence-electron chi connectivity index (χ2n) is 5.31. The lowest BCUT2D eigenvalue weighted by Gasteiger charge is -2.13. The van der Waals surface area contributed by atoms with Gasteiger partial charge in [0.2, 0.25) is 6.23 Å². The molecule has 2 aromatic carbocycles. The van der Waals surface area contributed by atoms with Gasteiger partial charge in [0, 0.05) is 12.2 Å². The summed E-state index contributed by atoms with van der Waals surface area (Å²) in [6.07, 6.45) is -1.02. The van der Waals surface area contributed by atoms with E-state index in [1.165, 1.54) is 0 Å². The fourth-order valence-corrected chi connectivity index (χ4v) is 2.53. The minimum Gasteiger partial charge on any atom is -0.431 e. The molecule has 0 bridgehead atoms. The number of urea groups is 1. The number of para-hydroxylation sites is 1. The minimum atomic E-state index is -1.02. The Morgan fingerprint density at radius 1 is 1.04 bits per heavy atom. The fourth-order valence-electron chi connectivity index (χ4n) is 2.29. The maximum Gasteiger partial charge on any atom is 0.358 e. The van der Waals surface area contributed by atoms with Crippen molar-refractivity contribution in [3.8, 4) is 0 Å². The molecule has 6 nitrogen and oxygen atoms in total. The Kier molecular flexibility index (Phi) is 5.20. The van der Waals surface area contributed by atoms with Crippen LogP contribution in [0.5, 0.6) is 0 Å². The van der Waals surface area contributed by atoms with Crippen molar-refractivity contribution in [2.75, 3.05) is 5.32 Å². The van der Waals surface area contributed by atoms with Crippen LogP contribution in [0.2, 0.25) is 0 Å². The van der Waals surface area contributed by atoms with Gasteiger partial charge in [-0.3, -0.25) is 5.32 Å². The first kappa shape index (κ1) is 16.9. The number of amides is 2. The van der Waals surface area contributed by atoms with Gasteiger partial charge in [0.05, 0.1) is 0 Å². The van der Waals surface area contributed by atoms with Gasteiger partial charge < -0.3 is 15.4 Å². The quantitative estimate of drug-likeness (QED) is 0.719. The molecule has 1 aliphatic heterocycles. The summed E-state index contributed by atoms with van der Waals surface area (Å²) in [5, 5.41) is 8.21.